The van der Waals surface area contributed by atoms with E-state index in [4.69, 9.17) is 0 Å². The lowest BCUT2D eigenvalue weighted by atomic mass is 9.48. The van der Waals surface area contributed by atoms with Gasteiger partial charge in [-0.2, -0.15) is 0 Å². The summed E-state index contributed by atoms with van der Waals surface area (Å²) in [6.45, 7) is 7.48. The zero-order valence-corrected chi connectivity index (χ0v) is 15.9. The number of aromatic amines is 1. The van der Waals surface area contributed by atoms with Gasteiger partial charge in [0, 0.05) is 17.3 Å². The van der Waals surface area contributed by atoms with E-state index in [9.17, 15) is 9.59 Å². The van der Waals surface area contributed by atoms with Gasteiger partial charge in [-0.25, -0.2) is 0 Å². The number of amides is 1. The highest BCUT2D eigenvalue weighted by Gasteiger charge is 2.53. The van der Waals surface area contributed by atoms with E-state index in [2.05, 4.69) is 17.2 Å². The molecule has 4 aliphatic rings. The van der Waals surface area contributed by atoms with Gasteiger partial charge in [0.05, 0.1) is 0 Å². The molecule has 4 bridgehead atoms. The van der Waals surface area contributed by atoms with E-state index in [-0.39, 0.29) is 17.7 Å². The Labute approximate surface area is 150 Å². The number of hydrogen-bond donors (Lipinski definition) is 2. The monoisotopic (exact) mass is 342 g/mol. The minimum Gasteiger partial charge on any atom is -0.354 e. The van der Waals surface area contributed by atoms with E-state index in [1.54, 1.807) is 6.92 Å². The van der Waals surface area contributed by atoms with Gasteiger partial charge < -0.3 is 10.3 Å². The highest BCUT2D eigenvalue weighted by atomic mass is 16.2. The fourth-order valence-electron chi connectivity index (χ4n) is 6.64. The standard InChI is InChI=1S/C21H30N2O2/c1-11-18(13(3)24)12(2)22-19(11)20(25)23-14(4)21-8-15-5-16(9-21)7-17(6-15)10-21/h14-17,22H,5-10H2,1-4H3,(H,23,25)/t14-,15?,16?,17?,21?/m0/s1. The largest absolute Gasteiger partial charge is 0.354 e. The Morgan fingerprint density at radius 2 is 1.60 bits per heavy atom. The molecule has 5 rings (SSSR count). The molecule has 4 heteroatoms. The fraction of sp³-hybridized carbons (Fsp3) is 0.714. The summed E-state index contributed by atoms with van der Waals surface area (Å²) in [6, 6.07) is 0.192. The van der Waals surface area contributed by atoms with Crippen LogP contribution >= 0.6 is 0 Å². The number of rotatable bonds is 4. The van der Waals surface area contributed by atoms with E-state index in [0.717, 1.165) is 29.0 Å². The molecule has 0 spiro atoms. The zero-order chi connectivity index (χ0) is 17.9. The van der Waals surface area contributed by atoms with Crippen molar-refractivity contribution in [3.63, 3.8) is 0 Å². The van der Waals surface area contributed by atoms with Crippen LogP contribution in [0.15, 0.2) is 0 Å². The summed E-state index contributed by atoms with van der Waals surface area (Å²) in [4.78, 5) is 27.9. The number of nitrogens with one attached hydrogen (secondary N) is 2. The second kappa shape index (κ2) is 5.72. The van der Waals surface area contributed by atoms with Crippen LogP contribution in [-0.2, 0) is 0 Å². The SMILES string of the molecule is CC(=O)c1c(C)[nH]c(C(=O)N[C@@H](C)C23CC4CC(CC(C4)C2)C3)c1C. The summed E-state index contributed by atoms with van der Waals surface area (Å²) >= 11 is 0. The molecule has 0 saturated heterocycles. The lowest BCUT2D eigenvalue weighted by Gasteiger charge is -2.59. The second-order valence-electron chi connectivity index (χ2n) is 9.16. The van der Waals surface area contributed by atoms with Crippen molar-refractivity contribution < 1.29 is 9.59 Å². The number of aromatic nitrogens is 1. The molecule has 1 heterocycles. The summed E-state index contributed by atoms with van der Waals surface area (Å²) in [5, 5.41) is 3.29. The molecule has 1 atom stereocenters. The number of hydrogen-bond acceptors (Lipinski definition) is 2. The molecule has 0 aromatic carbocycles. The first kappa shape index (κ1) is 16.9. The number of ketones is 1. The number of Topliss-reactive ketones (excluding diaryl/α,β-unsaturated/α-hetero) is 1. The summed E-state index contributed by atoms with van der Waals surface area (Å²) < 4.78 is 0. The fourth-order valence-corrected chi connectivity index (χ4v) is 6.64. The van der Waals surface area contributed by atoms with Crippen molar-refractivity contribution in [2.75, 3.05) is 0 Å². The van der Waals surface area contributed by atoms with Gasteiger partial charge in [0.1, 0.15) is 5.69 Å². The Morgan fingerprint density at radius 1 is 1.08 bits per heavy atom. The normalized spacial score (nSPS) is 34.2. The first-order chi connectivity index (χ1) is 11.8. The number of aryl methyl sites for hydroxylation is 1. The third-order valence-electron chi connectivity index (χ3n) is 7.37. The average molecular weight is 342 g/mol. The molecule has 4 nitrogen and oxygen atoms in total. The molecular formula is C21H30N2O2. The van der Waals surface area contributed by atoms with Crippen molar-refractivity contribution in [3.05, 3.63) is 22.5 Å². The molecule has 136 valence electrons. The van der Waals surface area contributed by atoms with Gasteiger partial charge in [-0.05, 0) is 95.0 Å². The van der Waals surface area contributed by atoms with Crippen molar-refractivity contribution >= 4 is 11.7 Å². The van der Waals surface area contributed by atoms with Crippen molar-refractivity contribution in [1.29, 1.82) is 0 Å². The maximum Gasteiger partial charge on any atom is 0.268 e. The average Bonchev–Trinajstić information content (AvgIpc) is 2.80. The Bertz CT molecular complexity index is 695. The van der Waals surface area contributed by atoms with Crippen LogP contribution in [0.25, 0.3) is 0 Å². The molecule has 1 amide bonds. The maximum atomic E-state index is 12.9. The van der Waals surface area contributed by atoms with Crippen LogP contribution in [-0.4, -0.2) is 22.7 Å². The number of carbonyl (C=O) groups excluding carboxylic acids is 2. The third-order valence-corrected chi connectivity index (χ3v) is 7.37. The van der Waals surface area contributed by atoms with Crippen LogP contribution in [0.1, 0.15) is 84.5 Å². The van der Waals surface area contributed by atoms with Gasteiger partial charge in [0.15, 0.2) is 5.78 Å². The second-order valence-corrected chi connectivity index (χ2v) is 9.16. The molecule has 0 unspecified atom stereocenters. The zero-order valence-electron chi connectivity index (χ0n) is 15.9. The molecule has 4 fully saturated rings. The molecular weight excluding hydrogens is 312 g/mol. The predicted molar refractivity (Wildman–Crippen MR) is 97.8 cm³/mol. The van der Waals surface area contributed by atoms with E-state index < -0.39 is 0 Å². The number of H-pyrrole nitrogens is 1. The van der Waals surface area contributed by atoms with Crippen LogP contribution in [0.4, 0.5) is 0 Å². The Morgan fingerprint density at radius 3 is 2.04 bits per heavy atom. The van der Waals surface area contributed by atoms with Crippen LogP contribution < -0.4 is 5.32 Å². The van der Waals surface area contributed by atoms with Gasteiger partial charge in [-0.1, -0.05) is 0 Å². The Hall–Kier alpha value is -1.58. The molecule has 1 aromatic heterocycles. The lowest BCUT2D eigenvalue weighted by Crippen LogP contribution is -2.55. The highest BCUT2D eigenvalue weighted by Crippen LogP contribution is 2.61. The van der Waals surface area contributed by atoms with Gasteiger partial charge in [0.25, 0.3) is 5.91 Å². The molecule has 1 aromatic rings. The smallest absolute Gasteiger partial charge is 0.268 e. The topological polar surface area (TPSA) is 62.0 Å². The van der Waals surface area contributed by atoms with E-state index in [1.165, 1.54) is 38.5 Å². The van der Waals surface area contributed by atoms with Crippen molar-refractivity contribution in [3.8, 4) is 0 Å². The quantitative estimate of drug-likeness (QED) is 0.807. The Kier molecular flexibility index (Phi) is 3.86. The van der Waals surface area contributed by atoms with E-state index in [0.29, 0.717) is 16.7 Å². The van der Waals surface area contributed by atoms with Gasteiger partial charge in [0.2, 0.25) is 0 Å². The molecule has 4 aliphatic carbocycles. The lowest BCUT2D eigenvalue weighted by molar-refractivity contribution is -0.0688. The molecule has 0 radical (unpaired) electrons. The van der Waals surface area contributed by atoms with Crippen LogP contribution in [0, 0.1) is 37.0 Å². The minimum absolute atomic E-state index is 0.0134. The Balaban J connectivity index is 1.53. The highest BCUT2D eigenvalue weighted by molar-refractivity contribution is 6.02. The van der Waals surface area contributed by atoms with E-state index in [1.807, 2.05) is 13.8 Å². The summed E-state index contributed by atoms with van der Waals surface area (Å²) in [5.41, 5.74) is 3.08. The first-order valence-corrected chi connectivity index (χ1v) is 9.80. The van der Waals surface area contributed by atoms with Gasteiger partial charge in [-0.3, -0.25) is 9.59 Å². The van der Waals surface area contributed by atoms with Gasteiger partial charge >= 0.3 is 0 Å². The van der Waals surface area contributed by atoms with Crippen molar-refractivity contribution in [2.45, 2.75) is 72.3 Å². The predicted octanol–water partition coefficient (Wildman–Crippen LogP) is 4.17. The molecule has 25 heavy (non-hydrogen) atoms. The molecule has 4 saturated carbocycles. The molecule has 0 aliphatic heterocycles. The van der Waals surface area contributed by atoms with E-state index >= 15 is 0 Å². The molecule has 2 N–H and O–H groups in total. The number of carbonyl (C=O) groups is 2. The van der Waals surface area contributed by atoms with Crippen molar-refractivity contribution in [1.82, 2.24) is 10.3 Å². The van der Waals surface area contributed by atoms with Crippen LogP contribution in [0.2, 0.25) is 0 Å². The summed E-state index contributed by atoms with van der Waals surface area (Å²) in [5.74, 6) is 2.59. The first-order valence-electron chi connectivity index (χ1n) is 9.80. The van der Waals surface area contributed by atoms with Crippen LogP contribution in [0.3, 0.4) is 0 Å². The van der Waals surface area contributed by atoms with Gasteiger partial charge in [-0.15, -0.1) is 0 Å². The summed E-state index contributed by atoms with van der Waals surface area (Å²) in [6.07, 6.45) is 8.08. The summed E-state index contributed by atoms with van der Waals surface area (Å²) in [7, 11) is 0. The maximum absolute atomic E-state index is 12.9. The minimum atomic E-state index is -0.0589. The van der Waals surface area contributed by atoms with Crippen LogP contribution in [0.5, 0.6) is 0 Å². The van der Waals surface area contributed by atoms with Crippen molar-refractivity contribution in [2.24, 2.45) is 23.2 Å². The third kappa shape index (κ3) is 2.65.